The second kappa shape index (κ2) is 8.50. The molecule has 126 valence electrons. The molecule has 0 aliphatic heterocycles. The number of hydrogen-bond acceptors (Lipinski definition) is 4. The van der Waals surface area contributed by atoms with E-state index in [-0.39, 0.29) is 11.7 Å². The average Bonchev–Trinajstić information content (AvgIpc) is 3.04. The van der Waals surface area contributed by atoms with Crippen molar-refractivity contribution in [1.82, 2.24) is 15.4 Å². The van der Waals surface area contributed by atoms with E-state index in [1.165, 1.54) is 18.0 Å². The van der Waals surface area contributed by atoms with E-state index in [0.29, 0.717) is 10.2 Å². The first kappa shape index (κ1) is 17.3. The molecule has 25 heavy (non-hydrogen) atoms. The Hall–Kier alpha value is -2.57. The number of imidazole rings is 1. The highest BCUT2D eigenvalue weighted by Gasteiger charge is 2.06. The summed E-state index contributed by atoms with van der Waals surface area (Å²) in [6.07, 6.45) is 3.17. The molecule has 2 N–H and O–H groups in total. The summed E-state index contributed by atoms with van der Waals surface area (Å²) in [7, 11) is 0. The van der Waals surface area contributed by atoms with Crippen LogP contribution in [0.25, 0.3) is 17.1 Å². The Morgan fingerprint density at radius 2 is 1.96 bits per heavy atom. The van der Waals surface area contributed by atoms with Crippen molar-refractivity contribution in [2.24, 2.45) is 5.10 Å². The van der Waals surface area contributed by atoms with Gasteiger partial charge in [-0.3, -0.25) is 4.79 Å². The molecular weight excluding hydrogens is 356 g/mol. The van der Waals surface area contributed by atoms with Gasteiger partial charge in [-0.25, -0.2) is 10.4 Å². The molecule has 0 saturated carbocycles. The second-order valence-corrected chi connectivity index (χ2v) is 6.48. The summed E-state index contributed by atoms with van der Waals surface area (Å²) in [6.45, 7) is 0. The van der Waals surface area contributed by atoms with Gasteiger partial charge >= 0.3 is 0 Å². The number of carbonyl (C=O) groups is 1. The van der Waals surface area contributed by atoms with Crippen LogP contribution in [0.1, 0.15) is 5.56 Å². The van der Waals surface area contributed by atoms with E-state index in [1.807, 2.05) is 54.6 Å². The first-order valence-electron chi connectivity index (χ1n) is 7.52. The number of aromatic nitrogens is 2. The minimum Gasteiger partial charge on any atom is -0.333 e. The Morgan fingerprint density at radius 3 is 2.76 bits per heavy atom. The number of hydrazone groups is 1. The number of nitrogens with zero attached hydrogens (tertiary/aromatic N) is 2. The molecule has 0 fully saturated rings. The minimum atomic E-state index is -0.231. The Balaban J connectivity index is 1.48. The van der Waals surface area contributed by atoms with Gasteiger partial charge in [0.15, 0.2) is 5.16 Å². The van der Waals surface area contributed by atoms with Crippen molar-refractivity contribution in [3.63, 3.8) is 0 Å². The molecule has 0 radical (unpaired) electrons. The molecule has 1 amide bonds. The molecule has 0 aliphatic rings. The molecule has 1 aromatic heterocycles. The maximum Gasteiger partial charge on any atom is 0.250 e. The molecule has 2 aromatic carbocycles. The number of H-pyrrole nitrogens is 1. The minimum absolute atomic E-state index is 0.206. The zero-order valence-corrected chi connectivity index (χ0v) is 14.7. The van der Waals surface area contributed by atoms with Gasteiger partial charge < -0.3 is 4.98 Å². The fourth-order valence-corrected chi connectivity index (χ4v) is 2.93. The van der Waals surface area contributed by atoms with E-state index >= 15 is 0 Å². The molecule has 0 spiro atoms. The predicted octanol–water partition coefficient (Wildman–Crippen LogP) is 4.04. The van der Waals surface area contributed by atoms with E-state index in [1.54, 1.807) is 6.08 Å². The molecule has 0 unspecified atom stereocenters. The van der Waals surface area contributed by atoms with Gasteiger partial charge in [0.1, 0.15) is 0 Å². The number of thioether (sulfide) groups is 1. The zero-order chi connectivity index (χ0) is 17.5. The lowest BCUT2D eigenvalue weighted by molar-refractivity contribution is -0.118. The van der Waals surface area contributed by atoms with E-state index in [4.69, 9.17) is 11.6 Å². The molecule has 3 rings (SSSR count). The topological polar surface area (TPSA) is 70.1 Å². The van der Waals surface area contributed by atoms with Crippen LogP contribution >= 0.6 is 23.4 Å². The first-order valence-corrected chi connectivity index (χ1v) is 8.89. The third-order valence-electron chi connectivity index (χ3n) is 3.19. The number of fused-ring (bicyclic) bond motifs is 1. The maximum atomic E-state index is 11.8. The summed E-state index contributed by atoms with van der Waals surface area (Å²) >= 11 is 7.37. The van der Waals surface area contributed by atoms with Gasteiger partial charge in [0, 0.05) is 0 Å². The van der Waals surface area contributed by atoms with Crippen LogP contribution in [0, 0.1) is 0 Å². The Labute approximate surface area is 154 Å². The average molecular weight is 371 g/mol. The maximum absolute atomic E-state index is 11.8. The third kappa shape index (κ3) is 5.20. The quantitative estimate of drug-likeness (QED) is 0.391. The Kier molecular flexibility index (Phi) is 5.87. The molecule has 0 atom stereocenters. The summed E-state index contributed by atoms with van der Waals surface area (Å²) in [5, 5.41) is 4.98. The summed E-state index contributed by atoms with van der Waals surface area (Å²) in [5.41, 5.74) is 5.23. The number of rotatable bonds is 6. The number of carbonyl (C=O) groups excluding carboxylic acids is 1. The normalized spacial score (nSPS) is 12.0. The highest BCUT2D eigenvalue weighted by Crippen LogP contribution is 2.18. The summed E-state index contributed by atoms with van der Waals surface area (Å²) < 4.78 is 0. The highest BCUT2D eigenvalue weighted by atomic mass is 35.5. The zero-order valence-electron chi connectivity index (χ0n) is 13.1. The van der Waals surface area contributed by atoms with Crippen LogP contribution < -0.4 is 5.43 Å². The lowest BCUT2D eigenvalue weighted by Gasteiger charge is -1.97. The van der Waals surface area contributed by atoms with Crippen LogP contribution in [0.5, 0.6) is 0 Å². The van der Waals surface area contributed by atoms with Gasteiger partial charge in [0.05, 0.1) is 28.0 Å². The van der Waals surface area contributed by atoms with Crippen LogP contribution in [0.15, 0.2) is 69.9 Å². The standard InChI is InChI=1S/C18H15ClN4OS/c19-14(10-13-6-2-1-3-7-13)11-20-23-17(24)12-25-18-21-15-8-4-5-9-16(15)22-18/h1-11H,12H2,(H,21,22)(H,23,24). The van der Waals surface area contributed by atoms with Gasteiger partial charge in [-0.2, -0.15) is 5.10 Å². The Morgan fingerprint density at radius 1 is 1.20 bits per heavy atom. The monoisotopic (exact) mass is 370 g/mol. The van der Waals surface area contributed by atoms with Crippen LogP contribution in [-0.4, -0.2) is 27.8 Å². The Bertz CT molecular complexity index is 888. The summed E-state index contributed by atoms with van der Waals surface area (Å²) in [5.74, 6) is -0.0251. The SMILES string of the molecule is O=C(CSc1nc2ccccc2[nH]1)NN=CC(Cl)=Cc1ccccc1. The number of halogens is 1. The number of aromatic amines is 1. The van der Waals surface area contributed by atoms with Gasteiger partial charge in [0.25, 0.3) is 5.91 Å². The summed E-state index contributed by atoms with van der Waals surface area (Å²) in [6, 6.07) is 17.3. The molecule has 1 heterocycles. The van der Waals surface area contributed by atoms with E-state index < -0.39 is 0 Å². The largest absolute Gasteiger partial charge is 0.333 e. The van der Waals surface area contributed by atoms with Crippen molar-refractivity contribution in [3.8, 4) is 0 Å². The third-order valence-corrected chi connectivity index (χ3v) is 4.27. The van der Waals surface area contributed by atoms with Gasteiger partial charge in [-0.15, -0.1) is 0 Å². The van der Waals surface area contributed by atoms with Gasteiger partial charge in [-0.05, 0) is 23.8 Å². The molecule has 0 aliphatic carbocycles. The molecular formula is C18H15ClN4OS. The van der Waals surface area contributed by atoms with E-state index in [9.17, 15) is 4.79 Å². The van der Waals surface area contributed by atoms with Crippen molar-refractivity contribution in [1.29, 1.82) is 0 Å². The second-order valence-electron chi connectivity index (χ2n) is 5.08. The lowest BCUT2D eigenvalue weighted by atomic mass is 10.2. The van der Waals surface area contributed by atoms with Crippen LogP contribution in [0.2, 0.25) is 0 Å². The van der Waals surface area contributed by atoms with Crippen LogP contribution in [0.4, 0.5) is 0 Å². The number of amides is 1. The van der Waals surface area contributed by atoms with Gasteiger partial charge in [-0.1, -0.05) is 65.8 Å². The predicted molar refractivity (Wildman–Crippen MR) is 104 cm³/mol. The van der Waals surface area contributed by atoms with Crippen molar-refractivity contribution in [2.45, 2.75) is 5.16 Å². The van der Waals surface area contributed by atoms with Crippen LogP contribution in [-0.2, 0) is 4.79 Å². The van der Waals surface area contributed by atoms with Crippen molar-refractivity contribution in [3.05, 3.63) is 65.2 Å². The fraction of sp³-hybridized carbons (Fsp3) is 0.0556. The molecule has 0 saturated heterocycles. The molecule has 3 aromatic rings. The number of benzene rings is 2. The molecule has 0 bridgehead atoms. The molecule has 7 heteroatoms. The summed E-state index contributed by atoms with van der Waals surface area (Å²) in [4.78, 5) is 19.4. The number of para-hydroxylation sites is 2. The smallest absolute Gasteiger partial charge is 0.250 e. The van der Waals surface area contributed by atoms with Crippen LogP contribution in [0.3, 0.4) is 0 Å². The fourth-order valence-electron chi connectivity index (χ4n) is 2.08. The first-order chi connectivity index (χ1) is 12.2. The van der Waals surface area contributed by atoms with E-state index in [2.05, 4.69) is 20.5 Å². The lowest BCUT2D eigenvalue weighted by Crippen LogP contribution is -2.19. The number of nitrogens with one attached hydrogen (secondary N) is 2. The van der Waals surface area contributed by atoms with Crippen molar-refractivity contribution < 1.29 is 4.79 Å². The molecule has 5 nitrogen and oxygen atoms in total. The van der Waals surface area contributed by atoms with Crippen molar-refractivity contribution in [2.75, 3.05) is 5.75 Å². The van der Waals surface area contributed by atoms with Crippen molar-refractivity contribution >= 4 is 52.6 Å². The number of allylic oxidation sites excluding steroid dienone is 1. The highest BCUT2D eigenvalue weighted by molar-refractivity contribution is 7.99. The van der Waals surface area contributed by atoms with Gasteiger partial charge in [0.2, 0.25) is 0 Å². The van der Waals surface area contributed by atoms with E-state index in [0.717, 1.165) is 16.6 Å². The number of hydrogen-bond donors (Lipinski definition) is 2.